The summed E-state index contributed by atoms with van der Waals surface area (Å²) in [7, 11) is 5.22. The summed E-state index contributed by atoms with van der Waals surface area (Å²) >= 11 is 6.29. The molecular formula is C19H30ClN3O2. The summed E-state index contributed by atoms with van der Waals surface area (Å²) < 4.78 is 10.4. The number of nitrogens with zero attached hydrogens (tertiary/aromatic N) is 1. The Bertz CT molecular complexity index is 574. The zero-order chi connectivity index (χ0) is 18.1. The first kappa shape index (κ1) is 19.9. The molecule has 1 fully saturated rings. The molecule has 1 saturated carbocycles. The van der Waals surface area contributed by atoms with Gasteiger partial charge in [0.1, 0.15) is 5.75 Å². The van der Waals surface area contributed by atoms with E-state index in [1.54, 1.807) is 21.3 Å². The van der Waals surface area contributed by atoms with Crippen LogP contribution in [0.25, 0.3) is 0 Å². The van der Waals surface area contributed by atoms with Crippen LogP contribution in [0.3, 0.4) is 0 Å². The van der Waals surface area contributed by atoms with E-state index in [1.807, 2.05) is 18.2 Å². The number of ether oxygens (including phenoxy) is 2. The minimum absolute atomic E-state index is 0.368. The monoisotopic (exact) mass is 367 g/mol. The van der Waals surface area contributed by atoms with Crippen molar-refractivity contribution in [3.63, 3.8) is 0 Å². The number of methoxy groups -OCH3 is 2. The maximum absolute atomic E-state index is 6.29. The lowest BCUT2D eigenvalue weighted by Crippen LogP contribution is -2.47. The van der Waals surface area contributed by atoms with Crippen LogP contribution < -0.4 is 15.4 Å². The lowest BCUT2D eigenvalue weighted by atomic mass is 9.67. The van der Waals surface area contributed by atoms with Gasteiger partial charge in [0.2, 0.25) is 0 Å². The Morgan fingerprint density at radius 2 is 2.08 bits per heavy atom. The summed E-state index contributed by atoms with van der Waals surface area (Å²) in [5.74, 6) is 1.62. The first-order valence-electron chi connectivity index (χ1n) is 8.88. The molecule has 0 amide bonds. The van der Waals surface area contributed by atoms with Crippen LogP contribution in [0.4, 0.5) is 0 Å². The van der Waals surface area contributed by atoms with Crippen molar-refractivity contribution in [3.05, 3.63) is 28.8 Å². The van der Waals surface area contributed by atoms with Crippen molar-refractivity contribution in [2.24, 2.45) is 10.4 Å². The molecule has 0 aliphatic heterocycles. The van der Waals surface area contributed by atoms with Crippen molar-refractivity contribution < 1.29 is 9.47 Å². The van der Waals surface area contributed by atoms with Gasteiger partial charge in [0.15, 0.2) is 5.96 Å². The first-order chi connectivity index (χ1) is 12.1. The molecule has 0 unspecified atom stereocenters. The highest BCUT2D eigenvalue weighted by molar-refractivity contribution is 6.31. The van der Waals surface area contributed by atoms with Gasteiger partial charge in [-0.3, -0.25) is 4.99 Å². The van der Waals surface area contributed by atoms with Crippen LogP contribution >= 0.6 is 11.6 Å². The number of nitrogens with one attached hydrogen (secondary N) is 2. The quantitative estimate of drug-likeness (QED) is 0.519. The normalized spacial score (nSPS) is 16.2. The van der Waals surface area contributed by atoms with Gasteiger partial charge in [0.25, 0.3) is 0 Å². The molecule has 1 aromatic carbocycles. The summed E-state index contributed by atoms with van der Waals surface area (Å²) in [4.78, 5) is 4.32. The zero-order valence-electron chi connectivity index (χ0n) is 15.5. The fraction of sp³-hybridized carbons (Fsp3) is 0.632. The van der Waals surface area contributed by atoms with Gasteiger partial charge in [-0.2, -0.15) is 0 Å². The van der Waals surface area contributed by atoms with E-state index in [0.717, 1.165) is 54.8 Å². The topological polar surface area (TPSA) is 54.9 Å². The van der Waals surface area contributed by atoms with Crippen molar-refractivity contribution in [1.29, 1.82) is 0 Å². The molecule has 0 atom stereocenters. The van der Waals surface area contributed by atoms with Gasteiger partial charge in [0.05, 0.1) is 7.11 Å². The average molecular weight is 368 g/mol. The third-order valence-electron chi connectivity index (χ3n) is 5.05. The van der Waals surface area contributed by atoms with E-state index in [2.05, 4.69) is 15.6 Å². The van der Waals surface area contributed by atoms with Crippen molar-refractivity contribution >= 4 is 17.6 Å². The number of benzene rings is 1. The van der Waals surface area contributed by atoms with Crippen molar-refractivity contribution in [3.8, 4) is 5.75 Å². The van der Waals surface area contributed by atoms with Gasteiger partial charge in [-0.1, -0.05) is 24.1 Å². The summed E-state index contributed by atoms with van der Waals surface area (Å²) in [6.45, 7) is 2.54. The van der Waals surface area contributed by atoms with Gasteiger partial charge in [0, 0.05) is 38.9 Å². The second-order valence-corrected chi connectivity index (χ2v) is 7.06. The highest BCUT2D eigenvalue weighted by Crippen LogP contribution is 2.43. The Balaban J connectivity index is 1.77. The average Bonchev–Trinajstić information content (AvgIpc) is 2.59. The Morgan fingerprint density at radius 1 is 1.28 bits per heavy atom. The molecule has 25 heavy (non-hydrogen) atoms. The van der Waals surface area contributed by atoms with Gasteiger partial charge < -0.3 is 20.1 Å². The lowest BCUT2D eigenvalue weighted by molar-refractivity contribution is 0.0732. The number of rotatable bonds is 9. The standard InChI is InChI=1S/C19H30ClN3O2/c1-21-18(23-14-19(8-4-9-19)10-12-24-2)22-11-7-15-5-6-16(25-3)13-17(15)20/h5-6,13H,4,7-12,14H2,1-3H3,(H2,21,22,23). The van der Waals surface area contributed by atoms with E-state index in [4.69, 9.17) is 21.1 Å². The van der Waals surface area contributed by atoms with Crippen molar-refractivity contribution in [2.75, 3.05) is 41.0 Å². The molecule has 0 aromatic heterocycles. The highest BCUT2D eigenvalue weighted by Gasteiger charge is 2.36. The predicted molar refractivity (Wildman–Crippen MR) is 104 cm³/mol. The van der Waals surface area contributed by atoms with Crippen LogP contribution in [0.15, 0.2) is 23.2 Å². The molecule has 1 aliphatic carbocycles. The summed E-state index contributed by atoms with van der Waals surface area (Å²) in [6.07, 6.45) is 5.78. The van der Waals surface area contributed by atoms with Crippen molar-refractivity contribution in [2.45, 2.75) is 32.1 Å². The van der Waals surface area contributed by atoms with E-state index in [1.165, 1.54) is 19.3 Å². The third kappa shape index (κ3) is 5.79. The summed E-state index contributed by atoms with van der Waals surface area (Å²) in [5, 5.41) is 7.57. The van der Waals surface area contributed by atoms with Crippen LogP contribution in [0.5, 0.6) is 5.75 Å². The second kappa shape index (κ2) is 9.88. The predicted octanol–water partition coefficient (Wildman–Crippen LogP) is 3.26. The second-order valence-electron chi connectivity index (χ2n) is 6.66. The smallest absolute Gasteiger partial charge is 0.191 e. The van der Waals surface area contributed by atoms with Crippen molar-refractivity contribution in [1.82, 2.24) is 10.6 Å². The molecule has 1 aromatic rings. The highest BCUT2D eigenvalue weighted by atomic mass is 35.5. The molecule has 0 heterocycles. The Morgan fingerprint density at radius 3 is 2.64 bits per heavy atom. The molecule has 1 aliphatic rings. The summed E-state index contributed by atoms with van der Waals surface area (Å²) in [5.41, 5.74) is 1.47. The molecule has 0 spiro atoms. The van der Waals surface area contributed by atoms with E-state index in [0.29, 0.717) is 5.41 Å². The molecule has 6 heteroatoms. The van der Waals surface area contributed by atoms with Gasteiger partial charge in [-0.05, 0) is 48.8 Å². The Hall–Kier alpha value is -1.46. The van der Waals surface area contributed by atoms with Crippen LogP contribution in [0.1, 0.15) is 31.2 Å². The maximum Gasteiger partial charge on any atom is 0.191 e. The fourth-order valence-corrected chi connectivity index (χ4v) is 3.44. The largest absolute Gasteiger partial charge is 0.497 e. The molecule has 2 rings (SSSR count). The first-order valence-corrected chi connectivity index (χ1v) is 9.26. The molecule has 5 nitrogen and oxygen atoms in total. The molecule has 0 saturated heterocycles. The Labute approximate surface area is 156 Å². The van der Waals surface area contributed by atoms with E-state index in [9.17, 15) is 0 Å². The van der Waals surface area contributed by atoms with E-state index in [-0.39, 0.29) is 0 Å². The molecule has 0 bridgehead atoms. The molecular weight excluding hydrogens is 338 g/mol. The van der Waals surface area contributed by atoms with Crippen LogP contribution in [0.2, 0.25) is 5.02 Å². The number of halogens is 1. The Kier molecular flexibility index (Phi) is 7.85. The third-order valence-corrected chi connectivity index (χ3v) is 5.40. The van der Waals surface area contributed by atoms with Crippen LogP contribution in [0, 0.1) is 5.41 Å². The zero-order valence-corrected chi connectivity index (χ0v) is 16.3. The number of hydrogen-bond donors (Lipinski definition) is 2. The minimum atomic E-state index is 0.368. The SMILES string of the molecule is CN=C(NCCc1ccc(OC)cc1Cl)NCC1(CCOC)CCC1. The fourth-order valence-electron chi connectivity index (χ4n) is 3.18. The lowest BCUT2D eigenvalue weighted by Gasteiger charge is -2.42. The van der Waals surface area contributed by atoms with Gasteiger partial charge in [-0.15, -0.1) is 0 Å². The number of guanidine groups is 1. The molecule has 2 N–H and O–H groups in total. The van der Waals surface area contributed by atoms with E-state index >= 15 is 0 Å². The number of hydrogen-bond acceptors (Lipinski definition) is 3. The van der Waals surface area contributed by atoms with Gasteiger partial charge in [-0.25, -0.2) is 0 Å². The summed E-state index contributed by atoms with van der Waals surface area (Å²) in [6, 6.07) is 5.79. The number of aliphatic imine (C=N–C) groups is 1. The molecule has 0 radical (unpaired) electrons. The van der Waals surface area contributed by atoms with E-state index < -0.39 is 0 Å². The van der Waals surface area contributed by atoms with Crippen LogP contribution in [-0.2, 0) is 11.2 Å². The van der Waals surface area contributed by atoms with Crippen LogP contribution in [-0.4, -0.2) is 46.9 Å². The maximum atomic E-state index is 6.29. The van der Waals surface area contributed by atoms with Gasteiger partial charge >= 0.3 is 0 Å². The minimum Gasteiger partial charge on any atom is -0.497 e. The molecule has 140 valence electrons.